The Hall–Kier alpha value is -0.120. The SMILES string of the molecule is CNCCN(C)CC(C)N(C)C. The number of hydrogen-bond donors (Lipinski definition) is 1. The molecule has 0 aromatic carbocycles. The zero-order valence-electron chi connectivity index (χ0n) is 9.09. The summed E-state index contributed by atoms with van der Waals surface area (Å²) in [6.45, 7) is 5.57. The first-order valence-electron chi connectivity index (χ1n) is 4.57. The number of nitrogens with one attached hydrogen (secondary N) is 1. The molecule has 3 heteroatoms. The maximum Gasteiger partial charge on any atom is 0.0188 e. The van der Waals surface area contributed by atoms with Crippen molar-refractivity contribution >= 4 is 0 Å². The Morgan fingerprint density at radius 2 is 1.83 bits per heavy atom. The molecule has 12 heavy (non-hydrogen) atoms. The van der Waals surface area contributed by atoms with E-state index in [0.29, 0.717) is 6.04 Å². The molecule has 0 aliphatic carbocycles. The van der Waals surface area contributed by atoms with Gasteiger partial charge >= 0.3 is 0 Å². The van der Waals surface area contributed by atoms with Gasteiger partial charge in [-0.05, 0) is 35.1 Å². The van der Waals surface area contributed by atoms with Gasteiger partial charge in [-0.25, -0.2) is 0 Å². The molecule has 1 N–H and O–H groups in total. The second-order valence-corrected chi connectivity index (χ2v) is 3.68. The number of rotatable bonds is 6. The van der Waals surface area contributed by atoms with Gasteiger partial charge in [0, 0.05) is 25.7 Å². The molecule has 0 aliphatic heterocycles. The molecule has 74 valence electrons. The lowest BCUT2D eigenvalue weighted by Gasteiger charge is -2.25. The Morgan fingerprint density at radius 1 is 1.25 bits per heavy atom. The average molecular weight is 173 g/mol. The highest BCUT2D eigenvalue weighted by atomic mass is 15.2. The fourth-order valence-corrected chi connectivity index (χ4v) is 1.01. The Morgan fingerprint density at radius 3 is 2.25 bits per heavy atom. The third-order valence-corrected chi connectivity index (χ3v) is 2.20. The Kier molecular flexibility index (Phi) is 6.34. The van der Waals surface area contributed by atoms with Crippen molar-refractivity contribution in [3.8, 4) is 0 Å². The third kappa shape index (κ3) is 5.52. The predicted octanol–water partition coefficient (Wildman–Crippen LogP) is 0.0877. The lowest BCUT2D eigenvalue weighted by Crippen LogP contribution is -2.38. The molecular weight excluding hydrogens is 150 g/mol. The molecule has 0 amide bonds. The van der Waals surface area contributed by atoms with Crippen LogP contribution in [0.2, 0.25) is 0 Å². The van der Waals surface area contributed by atoms with Crippen LogP contribution in [0.5, 0.6) is 0 Å². The number of likely N-dealkylation sites (N-methyl/N-ethyl adjacent to an activating group) is 3. The van der Waals surface area contributed by atoms with E-state index >= 15 is 0 Å². The summed E-state index contributed by atoms with van der Waals surface area (Å²) in [5, 5.41) is 3.15. The maximum atomic E-state index is 3.15. The average Bonchev–Trinajstić information content (AvgIpc) is 2.00. The van der Waals surface area contributed by atoms with Crippen molar-refractivity contribution in [1.29, 1.82) is 0 Å². The molecule has 0 heterocycles. The summed E-state index contributed by atoms with van der Waals surface area (Å²) in [5.74, 6) is 0. The molecule has 0 aliphatic rings. The van der Waals surface area contributed by atoms with E-state index in [9.17, 15) is 0 Å². The summed E-state index contributed by atoms with van der Waals surface area (Å²) in [7, 11) is 8.40. The van der Waals surface area contributed by atoms with Gasteiger partial charge in [0.2, 0.25) is 0 Å². The van der Waals surface area contributed by atoms with E-state index in [1.807, 2.05) is 7.05 Å². The molecule has 1 unspecified atom stereocenters. The van der Waals surface area contributed by atoms with Gasteiger partial charge in [-0.15, -0.1) is 0 Å². The van der Waals surface area contributed by atoms with Crippen molar-refractivity contribution in [2.45, 2.75) is 13.0 Å². The summed E-state index contributed by atoms with van der Waals surface area (Å²) in [4.78, 5) is 4.59. The van der Waals surface area contributed by atoms with Crippen molar-refractivity contribution < 1.29 is 0 Å². The van der Waals surface area contributed by atoms with Crippen molar-refractivity contribution in [2.75, 3.05) is 47.8 Å². The van der Waals surface area contributed by atoms with E-state index in [4.69, 9.17) is 0 Å². The Labute approximate surface area is 76.7 Å². The summed E-state index contributed by atoms with van der Waals surface area (Å²) >= 11 is 0. The van der Waals surface area contributed by atoms with Crippen LogP contribution in [-0.4, -0.2) is 63.7 Å². The zero-order valence-corrected chi connectivity index (χ0v) is 9.09. The van der Waals surface area contributed by atoms with Gasteiger partial charge < -0.3 is 15.1 Å². The van der Waals surface area contributed by atoms with Crippen LogP contribution in [0.3, 0.4) is 0 Å². The monoisotopic (exact) mass is 173 g/mol. The van der Waals surface area contributed by atoms with E-state index < -0.39 is 0 Å². The van der Waals surface area contributed by atoms with E-state index in [2.05, 4.69) is 43.2 Å². The quantitative estimate of drug-likeness (QED) is 0.614. The maximum absolute atomic E-state index is 3.15. The smallest absolute Gasteiger partial charge is 0.0188 e. The topological polar surface area (TPSA) is 18.5 Å². The third-order valence-electron chi connectivity index (χ3n) is 2.20. The first-order chi connectivity index (χ1) is 5.57. The Bertz CT molecular complexity index is 104. The molecule has 0 bridgehead atoms. The van der Waals surface area contributed by atoms with Crippen LogP contribution in [0.4, 0.5) is 0 Å². The highest BCUT2D eigenvalue weighted by molar-refractivity contribution is 4.64. The van der Waals surface area contributed by atoms with Gasteiger partial charge in [-0.3, -0.25) is 0 Å². The van der Waals surface area contributed by atoms with Gasteiger partial charge in [0.05, 0.1) is 0 Å². The van der Waals surface area contributed by atoms with Gasteiger partial charge in [-0.1, -0.05) is 0 Å². The van der Waals surface area contributed by atoms with Crippen LogP contribution in [-0.2, 0) is 0 Å². The van der Waals surface area contributed by atoms with Crippen LogP contribution >= 0.6 is 0 Å². The summed E-state index contributed by atoms with van der Waals surface area (Å²) in [6.07, 6.45) is 0. The molecule has 0 spiro atoms. The minimum absolute atomic E-state index is 0.631. The Balaban J connectivity index is 3.47. The number of nitrogens with zero attached hydrogens (tertiary/aromatic N) is 2. The van der Waals surface area contributed by atoms with Crippen LogP contribution in [0.15, 0.2) is 0 Å². The van der Waals surface area contributed by atoms with Gasteiger partial charge in [0.25, 0.3) is 0 Å². The first-order valence-corrected chi connectivity index (χ1v) is 4.57. The summed E-state index contributed by atoms with van der Waals surface area (Å²) in [6, 6.07) is 0.631. The highest BCUT2D eigenvalue weighted by Gasteiger charge is 2.06. The predicted molar refractivity (Wildman–Crippen MR) is 54.6 cm³/mol. The highest BCUT2D eigenvalue weighted by Crippen LogP contribution is 1.93. The normalized spacial score (nSPS) is 14.2. The molecule has 0 fully saturated rings. The zero-order chi connectivity index (χ0) is 9.56. The van der Waals surface area contributed by atoms with Crippen LogP contribution in [0.1, 0.15) is 6.92 Å². The fourth-order valence-electron chi connectivity index (χ4n) is 1.01. The van der Waals surface area contributed by atoms with Crippen molar-refractivity contribution in [2.24, 2.45) is 0 Å². The molecule has 0 radical (unpaired) electrons. The molecule has 0 rings (SSSR count). The van der Waals surface area contributed by atoms with Crippen molar-refractivity contribution in [3.05, 3.63) is 0 Å². The second kappa shape index (κ2) is 6.40. The summed E-state index contributed by atoms with van der Waals surface area (Å²) in [5.41, 5.74) is 0. The fraction of sp³-hybridized carbons (Fsp3) is 1.00. The lowest BCUT2D eigenvalue weighted by atomic mass is 10.3. The minimum atomic E-state index is 0.631. The van der Waals surface area contributed by atoms with Crippen LogP contribution < -0.4 is 5.32 Å². The summed E-state index contributed by atoms with van der Waals surface area (Å²) < 4.78 is 0. The van der Waals surface area contributed by atoms with E-state index in [-0.39, 0.29) is 0 Å². The molecule has 0 aromatic rings. The molecule has 0 saturated carbocycles. The van der Waals surface area contributed by atoms with E-state index in [1.54, 1.807) is 0 Å². The minimum Gasteiger partial charge on any atom is -0.318 e. The molecule has 0 saturated heterocycles. The van der Waals surface area contributed by atoms with Crippen LogP contribution in [0, 0.1) is 0 Å². The van der Waals surface area contributed by atoms with Crippen molar-refractivity contribution in [1.82, 2.24) is 15.1 Å². The van der Waals surface area contributed by atoms with E-state index in [1.165, 1.54) is 0 Å². The first kappa shape index (κ1) is 11.9. The second-order valence-electron chi connectivity index (χ2n) is 3.68. The van der Waals surface area contributed by atoms with Gasteiger partial charge in [0.15, 0.2) is 0 Å². The molecule has 1 atom stereocenters. The lowest BCUT2D eigenvalue weighted by molar-refractivity contribution is 0.221. The number of hydrogen-bond acceptors (Lipinski definition) is 3. The van der Waals surface area contributed by atoms with E-state index in [0.717, 1.165) is 19.6 Å². The molecular formula is C9H23N3. The van der Waals surface area contributed by atoms with Gasteiger partial charge in [-0.2, -0.15) is 0 Å². The molecule has 3 nitrogen and oxygen atoms in total. The largest absolute Gasteiger partial charge is 0.318 e. The van der Waals surface area contributed by atoms with Crippen molar-refractivity contribution in [3.63, 3.8) is 0 Å². The molecule has 0 aromatic heterocycles. The van der Waals surface area contributed by atoms with Gasteiger partial charge in [0.1, 0.15) is 0 Å². The van der Waals surface area contributed by atoms with Crippen LogP contribution in [0.25, 0.3) is 0 Å². The standard InChI is InChI=1S/C9H23N3/c1-9(11(3)4)8-12(5)7-6-10-2/h9-10H,6-8H2,1-5H3.